The molecule has 0 aromatic heterocycles. The fourth-order valence-corrected chi connectivity index (χ4v) is 2.58. The molecule has 0 saturated carbocycles. The lowest BCUT2D eigenvalue weighted by Gasteiger charge is -2.16. The molecular weight excluding hydrogens is 261 g/mol. The third kappa shape index (κ3) is 3.48. The van der Waals surface area contributed by atoms with Crippen LogP contribution in [0.15, 0.2) is 18.2 Å². The third-order valence-electron chi connectivity index (χ3n) is 3.60. The summed E-state index contributed by atoms with van der Waals surface area (Å²) < 4.78 is 23.5. The lowest BCUT2D eigenvalue weighted by Crippen LogP contribution is -2.28. The first-order valence-corrected chi connectivity index (χ1v) is 6.73. The van der Waals surface area contributed by atoms with Crippen molar-refractivity contribution in [2.24, 2.45) is 5.92 Å². The maximum absolute atomic E-state index is 13.6. The zero-order valence-corrected chi connectivity index (χ0v) is 11.9. The Morgan fingerprint density at radius 2 is 2.20 bits per heavy atom. The first-order valence-electron chi connectivity index (χ1n) is 6.73. The monoisotopic (exact) mass is 281 g/mol. The van der Waals surface area contributed by atoms with Crippen LogP contribution in [0, 0.1) is 11.7 Å². The van der Waals surface area contributed by atoms with E-state index in [-0.39, 0.29) is 23.4 Å². The van der Waals surface area contributed by atoms with E-state index >= 15 is 0 Å². The van der Waals surface area contributed by atoms with Gasteiger partial charge in [-0.15, -0.1) is 0 Å². The number of benzene rings is 1. The van der Waals surface area contributed by atoms with Crippen LogP contribution in [0.5, 0.6) is 5.75 Å². The molecule has 1 saturated heterocycles. The average molecular weight is 281 g/mol. The molecule has 0 radical (unpaired) electrons. The van der Waals surface area contributed by atoms with Crippen molar-refractivity contribution >= 4 is 5.91 Å². The molecule has 1 heterocycles. The minimum Gasteiger partial charge on any atom is -0.494 e. The van der Waals surface area contributed by atoms with Gasteiger partial charge >= 0.3 is 0 Å². The molecule has 1 atom stereocenters. The number of hydrogen-bond donors (Lipinski definition) is 0. The Hall–Kier alpha value is -1.62. The van der Waals surface area contributed by atoms with Crippen LogP contribution in [0.1, 0.15) is 12.0 Å². The van der Waals surface area contributed by atoms with Crippen LogP contribution in [0.3, 0.4) is 0 Å². The van der Waals surface area contributed by atoms with Crippen molar-refractivity contribution in [1.29, 1.82) is 0 Å². The molecular formula is C15H20FNO3. The summed E-state index contributed by atoms with van der Waals surface area (Å²) in [4.78, 5) is 13.6. The largest absolute Gasteiger partial charge is 0.494 e. The number of ether oxygens (including phenoxy) is 2. The first kappa shape index (κ1) is 14.8. The van der Waals surface area contributed by atoms with E-state index in [4.69, 9.17) is 9.47 Å². The zero-order chi connectivity index (χ0) is 14.5. The highest BCUT2D eigenvalue weighted by Gasteiger charge is 2.29. The molecule has 1 fully saturated rings. The van der Waals surface area contributed by atoms with E-state index < -0.39 is 0 Å². The predicted octanol–water partition coefficient (Wildman–Crippen LogP) is 1.87. The maximum Gasteiger partial charge on any atom is 0.223 e. The van der Waals surface area contributed by atoms with Gasteiger partial charge in [0.1, 0.15) is 0 Å². The Morgan fingerprint density at radius 1 is 1.40 bits per heavy atom. The standard InChI is InChI=1S/C15H20FNO3/c1-19-6-5-17-10-12(9-15(17)18)7-11-3-4-14(20-2)13(16)8-11/h3-4,8,12H,5-7,9-10H2,1-2H3. The SMILES string of the molecule is COCCN1CC(Cc2ccc(OC)c(F)c2)CC1=O. The summed E-state index contributed by atoms with van der Waals surface area (Å²) in [5.74, 6) is 0.289. The number of hydrogen-bond acceptors (Lipinski definition) is 3. The molecule has 1 unspecified atom stereocenters. The van der Waals surface area contributed by atoms with Gasteiger partial charge in [-0.2, -0.15) is 0 Å². The van der Waals surface area contributed by atoms with Crippen LogP contribution >= 0.6 is 0 Å². The van der Waals surface area contributed by atoms with Gasteiger partial charge < -0.3 is 14.4 Å². The number of carbonyl (C=O) groups is 1. The van der Waals surface area contributed by atoms with Crippen molar-refractivity contribution in [1.82, 2.24) is 4.90 Å². The van der Waals surface area contributed by atoms with Gasteiger partial charge in [-0.25, -0.2) is 4.39 Å². The van der Waals surface area contributed by atoms with Crippen LogP contribution in [-0.2, 0) is 16.0 Å². The van der Waals surface area contributed by atoms with E-state index in [2.05, 4.69) is 0 Å². The topological polar surface area (TPSA) is 38.8 Å². The second kappa shape index (κ2) is 6.70. The fraction of sp³-hybridized carbons (Fsp3) is 0.533. The maximum atomic E-state index is 13.6. The molecule has 110 valence electrons. The van der Waals surface area contributed by atoms with Gasteiger partial charge in [0.2, 0.25) is 5.91 Å². The summed E-state index contributed by atoms with van der Waals surface area (Å²) in [7, 11) is 3.07. The van der Waals surface area contributed by atoms with Gasteiger partial charge in [0.25, 0.3) is 0 Å². The molecule has 0 bridgehead atoms. The normalized spacial score (nSPS) is 18.6. The van der Waals surface area contributed by atoms with Crippen molar-refractivity contribution < 1.29 is 18.7 Å². The number of carbonyl (C=O) groups excluding carboxylic acids is 1. The molecule has 20 heavy (non-hydrogen) atoms. The molecule has 0 N–H and O–H groups in total. The van der Waals surface area contributed by atoms with Gasteiger partial charge in [0.05, 0.1) is 13.7 Å². The Balaban J connectivity index is 1.94. The van der Waals surface area contributed by atoms with E-state index in [9.17, 15) is 9.18 Å². The number of nitrogens with zero attached hydrogens (tertiary/aromatic N) is 1. The van der Waals surface area contributed by atoms with Crippen molar-refractivity contribution in [2.45, 2.75) is 12.8 Å². The molecule has 2 rings (SSSR count). The predicted molar refractivity (Wildman–Crippen MR) is 73.2 cm³/mol. The van der Waals surface area contributed by atoms with Gasteiger partial charge in [0, 0.05) is 26.6 Å². The molecule has 1 aliphatic heterocycles. The number of likely N-dealkylation sites (tertiary alicyclic amines) is 1. The highest BCUT2D eigenvalue weighted by atomic mass is 19.1. The average Bonchev–Trinajstić information content (AvgIpc) is 2.76. The molecule has 1 aliphatic rings. The van der Waals surface area contributed by atoms with Crippen LogP contribution in [0.4, 0.5) is 4.39 Å². The number of halogens is 1. The van der Waals surface area contributed by atoms with E-state index in [1.807, 2.05) is 11.0 Å². The lowest BCUT2D eigenvalue weighted by atomic mass is 9.98. The van der Waals surface area contributed by atoms with Crippen LogP contribution in [0.2, 0.25) is 0 Å². The van der Waals surface area contributed by atoms with Gasteiger partial charge in [-0.1, -0.05) is 6.07 Å². The summed E-state index contributed by atoms with van der Waals surface area (Å²) in [6, 6.07) is 4.97. The Bertz CT molecular complexity index is 478. The third-order valence-corrected chi connectivity index (χ3v) is 3.60. The smallest absolute Gasteiger partial charge is 0.223 e. The number of methoxy groups -OCH3 is 2. The van der Waals surface area contributed by atoms with Crippen molar-refractivity contribution in [3.8, 4) is 5.75 Å². The molecule has 4 nitrogen and oxygen atoms in total. The zero-order valence-electron chi connectivity index (χ0n) is 11.9. The van der Waals surface area contributed by atoms with Crippen molar-refractivity contribution in [3.63, 3.8) is 0 Å². The summed E-state index contributed by atoms with van der Waals surface area (Å²) >= 11 is 0. The highest BCUT2D eigenvalue weighted by molar-refractivity contribution is 5.78. The summed E-state index contributed by atoms with van der Waals surface area (Å²) in [6.45, 7) is 1.90. The van der Waals surface area contributed by atoms with E-state index in [0.29, 0.717) is 26.0 Å². The van der Waals surface area contributed by atoms with E-state index in [1.165, 1.54) is 13.2 Å². The van der Waals surface area contributed by atoms with Gasteiger partial charge in [0.15, 0.2) is 11.6 Å². The van der Waals surface area contributed by atoms with Crippen molar-refractivity contribution in [3.05, 3.63) is 29.6 Å². The summed E-state index contributed by atoms with van der Waals surface area (Å²) in [5.41, 5.74) is 0.898. The Kier molecular flexibility index (Phi) is 4.95. The summed E-state index contributed by atoms with van der Waals surface area (Å²) in [6.07, 6.45) is 1.23. The molecule has 1 aromatic carbocycles. The molecule has 5 heteroatoms. The molecule has 0 spiro atoms. The number of rotatable bonds is 6. The highest BCUT2D eigenvalue weighted by Crippen LogP contribution is 2.24. The van der Waals surface area contributed by atoms with Gasteiger partial charge in [-0.3, -0.25) is 4.79 Å². The number of amides is 1. The molecule has 1 aromatic rings. The van der Waals surface area contributed by atoms with E-state index in [0.717, 1.165) is 12.1 Å². The first-order chi connectivity index (χ1) is 9.63. The second-order valence-electron chi connectivity index (χ2n) is 5.08. The van der Waals surface area contributed by atoms with E-state index in [1.54, 1.807) is 13.2 Å². The van der Waals surface area contributed by atoms with Crippen molar-refractivity contribution in [2.75, 3.05) is 33.9 Å². The fourth-order valence-electron chi connectivity index (χ4n) is 2.58. The van der Waals surface area contributed by atoms with Crippen LogP contribution in [0.25, 0.3) is 0 Å². The Labute approximate surface area is 118 Å². The quantitative estimate of drug-likeness (QED) is 0.799. The Morgan fingerprint density at radius 3 is 2.85 bits per heavy atom. The second-order valence-corrected chi connectivity index (χ2v) is 5.08. The lowest BCUT2D eigenvalue weighted by molar-refractivity contribution is -0.128. The minimum absolute atomic E-state index is 0.154. The van der Waals surface area contributed by atoms with Gasteiger partial charge in [-0.05, 0) is 30.0 Å². The van der Waals surface area contributed by atoms with Crippen LogP contribution < -0.4 is 4.74 Å². The van der Waals surface area contributed by atoms with Crippen LogP contribution in [-0.4, -0.2) is 44.7 Å². The minimum atomic E-state index is -0.356. The molecule has 0 aliphatic carbocycles. The summed E-state index contributed by atoms with van der Waals surface area (Å²) in [5, 5.41) is 0. The molecule has 1 amide bonds.